The second kappa shape index (κ2) is 4.94. The third kappa shape index (κ3) is 3.36. The number of nitrogens with zero attached hydrogens (tertiary/aromatic N) is 1. The second-order valence-corrected chi connectivity index (χ2v) is 3.99. The van der Waals surface area contributed by atoms with Gasteiger partial charge in [0.05, 0.1) is 6.42 Å². The SMILES string of the molecule is Cc1ccc([C@H](CC(=O)O)N(C)C)cc1. The lowest BCUT2D eigenvalue weighted by Crippen LogP contribution is -2.22. The molecule has 0 aliphatic carbocycles. The third-order valence-corrected chi connectivity index (χ3v) is 2.45. The molecule has 0 spiro atoms. The fraction of sp³-hybridized carbons (Fsp3) is 0.417. The van der Waals surface area contributed by atoms with E-state index in [1.54, 1.807) is 0 Å². The maximum atomic E-state index is 10.7. The van der Waals surface area contributed by atoms with E-state index in [4.69, 9.17) is 5.11 Å². The number of hydrogen-bond acceptors (Lipinski definition) is 2. The van der Waals surface area contributed by atoms with E-state index in [9.17, 15) is 4.79 Å². The van der Waals surface area contributed by atoms with E-state index >= 15 is 0 Å². The van der Waals surface area contributed by atoms with Crippen LogP contribution in [0.3, 0.4) is 0 Å². The predicted octanol–water partition coefficient (Wildman–Crippen LogP) is 2.07. The van der Waals surface area contributed by atoms with Crippen LogP contribution in [0.2, 0.25) is 0 Å². The first-order valence-corrected chi connectivity index (χ1v) is 4.95. The summed E-state index contributed by atoms with van der Waals surface area (Å²) < 4.78 is 0. The highest BCUT2D eigenvalue weighted by molar-refractivity contribution is 5.67. The molecule has 15 heavy (non-hydrogen) atoms. The Hall–Kier alpha value is -1.35. The first kappa shape index (κ1) is 11.7. The Morgan fingerprint density at radius 2 is 1.87 bits per heavy atom. The predicted molar refractivity (Wildman–Crippen MR) is 59.9 cm³/mol. The van der Waals surface area contributed by atoms with Gasteiger partial charge in [0.15, 0.2) is 0 Å². The largest absolute Gasteiger partial charge is 0.481 e. The number of carboxylic acids is 1. The van der Waals surface area contributed by atoms with Crippen LogP contribution in [0.4, 0.5) is 0 Å². The third-order valence-electron chi connectivity index (χ3n) is 2.45. The highest BCUT2D eigenvalue weighted by Gasteiger charge is 2.17. The van der Waals surface area contributed by atoms with Crippen LogP contribution >= 0.6 is 0 Å². The number of aryl methyl sites for hydroxylation is 1. The van der Waals surface area contributed by atoms with E-state index in [-0.39, 0.29) is 12.5 Å². The summed E-state index contributed by atoms with van der Waals surface area (Å²) in [6.07, 6.45) is 0.135. The molecule has 3 heteroatoms. The molecule has 1 N–H and O–H groups in total. The van der Waals surface area contributed by atoms with Crippen molar-refractivity contribution in [3.8, 4) is 0 Å². The van der Waals surface area contributed by atoms with E-state index < -0.39 is 5.97 Å². The van der Waals surface area contributed by atoms with Crippen molar-refractivity contribution in [3.63, 3.8) is 0 Å². The van der Waals surface area contributed by atoms with Gasteiger partial charge in [0.1, 0.15) is 0 Å². The van der Waals surface area contributed by atoms with E-state index in [1.807, 2.05) is 50.2 Å². The van der Waals surface area contributed by atoms with Crippen molar-refractivity contribution in [3.05, 3.63) is 35.4 Å². The zero-order valence-corrected chi connectivity index (χ0v) is 9.40. The van der Waals surface area contributed by atoms with Crippen molar-refractivity contribution in [2.75, 3.05) is 14.1 Å². The van der Waals surface area contributed by atoms with E-state index in [2.05, 4.69) is 0 Å². The minimum atomic E-state index is -0.769. The Morgan fingerprint density at radius 1 is 1.33 bits per heavy atom. The summed E-state index contributed by atoms with van der Waals surface area (Å²) in [7, 11) is 3.79. The molecule has 0 heterocycles. The van der Waals surface area contributed by atoms with Crippen LogP contribution in [0.1, 0.15) is 23.6 Å². The van der Waals surface area contributed by atoms with Crippen LogP contribution in [-0.2, 0) is 4.79 Å². The zero-order valence-electron chi connectivity index (χ0n) is 9.40. The lowest BCUT2D eigenvalue weighted by Gasteiger charge is -2.23. The molecule has 0 unspecified atom stereocenters. The minimum absolute atomic E-state index is 0.0527. The summed E-state index contributed by atoms with van der Waals surface area (Å²) >= 11 is 0. The monoisotopic (exact) mass is 207 g/mol. The first-order chi connectivity index (χ1) is 7.00. The molecule has 1 aromatic carbocycles. The van der Waals surface area contributed by atoms with Crippen molar-refractivity contribution < 1.29 is 9.90 Å². The van der Waals surface area contributed by atoms with E-state index in [0.29, 0.717) is 0 Å². The van der Waals surface area contributed by atoms with Crippen molar-refractivity contribution in [1.29, 1.82) is 0 Å². The maximum Gasteiger partial charge on any atom is 0.305 e. The Balaban J connectivity index is 2.88. The van der Waals surface area contributed by atoms with Gasteiger partial charge in [-0.1, -0.05) is 29.8 Å². The van der Waals surface area contributed by atoms with Gasteiger partial charge in [-0.15, -0.1) is 0 Å². The molecule has 0 fully saturated rings. The Labute approximate surface area is 90.3 Å². The molecule has 0 aromatic heterocycles. The fourth-order valence-electron chi connectivity index (χ4n) is 1.55. The number of benzene rings is 1. The molecule has 82 valence electrons. The Kier molecular flexibility index (Phi) is 3.86. The minimum Gasteiger partial charge on any atom is -0.481 e. The highest BCUT2D eigenvalue weighted by Crippen LogP contribution is 2.22. The number of hydrogen-bond donors (Lipinski definition) is 1. The van der Waals surface area contributed by atoms with Crippen molar-refractivity contribution in [2.24, 2.45) is 0 Å². The summed E-state index contributed by atoms with van der Waals surface area (Å²) in [4.78, 5) is 12.7. The van der Waals surface area contributed by atoms with Crippen molar-refractivity contribution >= 4 is 5.97 Å². The van der Waals surface area contributed by atoms with Gasteiger partial charge >= 0.3 is 5.97 Å². The molecular formula is C12H17NO2. The first-order valence-electron chi connectivity index (χ1n) is 4.95. The maximum absolute atomic E-state index is 10.7. The summed E-state index contributed by atoms with van der Waals surface area (Å²) in [5, 5.41) is 8.82. The molecule has 0 amide bonds. The molecular weight excluding hydrogens is 190 g/mol. The molecule has 0 aliphatic heterocycles. The summed E-state index contributed by atoms with van der Waals surface area (Å²) in [6.45, 7) is 2.02. The van der Waals surface area contributed by atoms with Crippen molar-refractivity contribution in [1.82, 2.24) is 4.90 Å². The molecule has 3 nitrogen and oxygen atoms in total. The average molecular weight is 207 g/mol. The van der Waals surface area contributed by atoms with E-state index in [0.717, 1.165) is 5.56 Å². The number of aliphatic carboxylic acids is 1. The van der Waals surface area contributed by atoms with Crippen LogP contribution < -0.4 is 0 Å². The smallest absolute Gasteiger partial charge is 0.305 e. The normalized spacial score (nSPS) is 12.8. The van der Waals surface area contributed by atoms with Gasteiger partial charge in [-0.25, -0.2) is 0 Å². The van der Waals surface area contributed by atoms with Gasteiger partial charge in [0.25, 0.3) is 0 Å². The van der Waals surface area contributed by atoms with Crippen molar-refractivity contribution in [2.45, 2.75) is 19.4 Å². The average Bonchev–Trinajstić information content (AvgIpc) is 2.15. The molecule has 0 aliphatic rings. The van der Waals surface area contributed by atoms with Gasteiger partial charge in [-0.3, -0.25) is 4.79 Å². The number of carbonyl (C=O) groups is 1. The summed E-state index contributed by atoms with van der Waals surface area (Å²) in [6, 6.07) is 7.94. The molecule has 0 saturated carbocycles. The molecule has 0 radical (unpaired) electrons. The molecule has 1 rings (SSSR count). The second-order valence-electron chi connectivity index (χ2n) is 3.99. The molecule has 0 saturated heterocycles. The molecule has 1 aromatic rings. The van der Waals surface area contributed by atoms with Gasteiger partial charge in [-0.05, 0) is 26.6 Å². The zero-order chi connectivity index (χ0) is 11.4. The van der Waals surface area contributed by atoms with Gasteiger partial charge in [0.2, 0.25) is 0 Å². The fourth-order valence-corrected chi connectivity index (χ4v) is 1.55. The Morgan fingerprint density at radius 3 is 2.27 bits per heavy atom. The van der Waals surface area contributed by atoms with Gasteiger partial charge in [-0.2, -0.15) is 0 Å². The molecule has 0 bridgehead atoms. The van der Waals surface area contributed by atoms with Crippen LogP contribution in [0.5, 0.6) is 0 Å². The Bertz CT molecular complexity index is 330. The van der Waals surface area contributed by atoms with E-state index in [1.165, 1.54) is 5.56 Å². The van der Waals surface area contributed by atoms with Crippen LogP contribution in [0, 0.1) is 6.92 Å². The lowest BCUT2D eigenvalue weighted by molar-refractivity contribution is -0.138. The van der Waals surface area contributed by atoms with Crippen LogP contribution in [0.15, 0.2) is 24.3 Å². The van der Waals surface area contributed by atoms with Gasteiger partial charge < -0.3 is 10.0 Å². The summed E-state index contributed by atoms with van der Waals surface area (Å²) in [5.41, 5.74) is 2.24. The number of carboxylic acid groups (broad SMARTS) is 1. The standard InChI is InChI=1S/C12H17NO2/c1-9-4-6-10(7-5-9)11(13(2)3)8-12(14)15/h4-7,11H,8H2,1-3H3,(H,14,15)/t11-/m0/s1. The lowest BCUT2D eigenvalue weighted by atomic mass is 10.0. The van der Waals surface area contributed by atoms with Gasteiger partial charge in [0, 0.05) is 6.04 Å². The topological polar surface area (TPSA) is 40.5 Å². The quantitative estimate of drug-likeness (QED) is 0.821. The number of rotatable bonds is 4. The molecule has 1 atom stereocenters. The highest BCUT2D eigenvalue weighted by atomic mass is 16.4. The summed E-state index contributed by atoms with van der Waals surface area (Å²) in [5.74, 6) is -0.769. The van der Waals surface area contributed by atoms with Crippen LogP contribution in [0.25, 0.3) is 0 Å². The van der Waals surface area contributed by atoms with Crippen LogP contribution in [-0.4, -0.2) is 30.1 Å².